The van der Waals surface area contributed by atoms with Gasteiger partial charge in [-0.1, -0.05) is 0 Å². The van der Waals surface area contributed by atoms with Gasteiger partial charge in [-0.15, -0.1) is 0 Å². The first-order valence-corrected chi connectivity index (χ1v) is 8.57. The Morgan fingerprint density at radius 3 is 2.83 bits per heavy atom. The van der Waals surface area contributed by atoms with E-state index in [2.05, 4.69) is 0 Å². The first kappa shape index (κ1) is 17.7. The van der Waals surface area contributed by atoms with Gasteiger partial charge >= 0.3 is 5.97 Å². The molecule has 0 aromatic heterocycles. The molecule has 0 bridgehead atoms. The normalized spacial score (nSPS) is 21.0. The SMILES string of the molecule is CCOC(=O)[C@@H]1CCC[NH+](CCCCOc2ccc(F)cc2)C1. The number of carbonyl (C=O) groups is 1. The molecule has 0 aliphatic carbocycles. The van der Waals surface area contributed by atoms with Gasteiger partial charge in [0.05, 0.1) is 32.8 Å². The van der Waals surface area contributed by atoms with Gasteiger partial charge in [-0.25, -0.2) is 4.39 Å². The Kier molecular flexibility index (Phi) is 7.33. The highest BCUT2D eigenvalue weighted by molar-refractivity contribution is 5.72. The smallest absolute Gasteiger partial charge is 0.314 e. The number of ether oxygens (including phenoxy) is 2. The Balaban J connectivity index is 1.60. The van der Waals surface area contributed by atoms with E-state index in [4.69, 9.17) is 9.47 Å². The topological polar surface area (TPSA) is 40.0 Å². The average Bonchev–Trinajstić information content (AvgIpc) is 2.57. The standard InChI is InChI=1S/C18H26FNO3/c1-2-22-18(21)15-6-5-12-20(14-15)11-3-4-13-23-17-9-7-16(19)8-10-17/h7-10,15H,2-6,11-14H2,1H3/p+1/t15-/m1/s1. The summed E-state index contributed by atoms with van der Waals surface area (Å²) in [6.07, 6.45) is 4.07. The third kappa shape index (κ3) is 6.18. The van der Waals surface area contributed by atoms with Crippen molar-refractivity contribution in [1.82, 2.24) is 0 Å². The van der Waals surface area contributed by atoms with Crippen molar-refractivity contribution in [3.8, 4) is 5.75 Å². The van der Waals surface area contributed by atoms with Crippen molar-refractivity contribution in [3.05, 3.63) is 30.1 Å². The van der Waals surface area contributed by atoms with Crippen molar-refractivity contribution >= 4 is 5.97 Å². The number of likely N-dealkylation sites (tertiary alicyclic amines) is 1. The van der Waals surface area contributed by atoms with Gasteiger partial charge < -0.3 is 14.4 Å². The zero-order valence-corrected chi connectivity index (χ0v) is 13.9. The lowest BCUT2D eigenvalue weighted by atomic mass is 9.98. The molecule has 0 amide bonds. The summed E-state index contributed by atoms with van der Waals surface area (Å²) in [7, 11) is 0. The van der Waals surface area contributed by atoms with E-state index < -0.39 is 0 Å². The number of benzene rings is 1. The van der Waals surface area contributed by atoms with Crippen LogP contribution >= 0.6 is 0 Å². The fraction of sp³-hybridized carbons (Fsp3) is 0.611. The van der Waals surface area contributed by atoms with E-state index >= 15 is 0 Å². The van der Waals surface area contributed by atoms with Gasteiger partial charge in [0, 0.05) is 0 Å². The maximum absolute atomic E-state index is 12.8. The van der Waals surface area contributed by atoms with Crippen molar-refractivity contribution in [2.75, 3.05) is 32.8 Å². The van der Waals surface area contributed by atoms with E-state index in [0.29, 0.717) is 19.0 Å². The van der Waals surface area contributed by atoms with Crippen molar-refractivity contribution in [2.24, 2.45) is 5.92 Å². The number of piperidine rings is 1. The minimum Gasteiger partial charge on any atom is -0.494 e. The minimum absolute atomic E-state index is 0.0376. The Labute approximate surface area is 137 Å². The summed E-state index contributed by atoms with van der Waals surface area (Å²) in [5.74, 6) is 0.486. The molecule has 1 heterocycles. The molecule has 1 aromatic rings. The molecule has 4 nitrogen and oxygen atoms in total. The monoisotopic (exact) mass is 324 g/mol. The summed E-state index contributed by atoms with van der Waals surface area (Å²) in [4.78, 5) is 13.3. The first-order valence-electron chi connectivity index (χ1n) is 8.57. The fourth-order valence-electron chi connectivity index (χ4n) is 3.04. The van der Waals surface area contributed by atoms with Crippen LogP contribution in [-0.2, 0) is 9.53 Å². The molecule has 23 heavy (non-hydrogen) atoms. The highest BCUT2D eigenvalue weighted by Crippen LogP contribution is 2.12. The predicted octanol–water partition coefficient (Wildman–Crippen LogP) is 1.84. The molecule has 0 spiro atoms. The summed E-state index contributed by atoms with van der Waals surface area (Å²) >= 11 is 0. The van der Waals surface area contributed by atoms with Gasteiger partial charge in [0.2, 0.25) is 0 Å². The van der Waals surface area contributed by atoms with Gasteiger partial charge in [-0.3, -0.25) is 4.79 Å². The maximum atomic E-state index is 12.8. The van der Waals surface area contributed by atoms with Crippen LogP contribution in [0.15, 0.2) is 24.3 Å². The zero-order valence-electron chi connectivity index (χ0n) is 13.9. The minimum atomic E-state index is -0.248. The van der Waals surface area contributed by atoms with Crippen LogP contribution in [-0.4, -0.2) is 38.8 Å². The van der Waals surface area contributed by atoms with E-state index in [-0.39, 0.29) is 17.7 Å². The van der Waals surface area contributed by atoms with Crippen molar-refractivity contribution < 1.29 is 23.6 Å². The molecule has 2 rings (SSSR count). The molecule has 5 heteroatoms. The number of unbranched alkanes of at least 4 members (excludes halogenated alkanes) is 1. The molecule has 0 saturated carbocycles. The summed E-state index contributed by atoms with van der Waals surface area (Å²) in [5, 5.41) is 0. The van der Waals surface area contributed by atoms with E-state index in [0.717, 1.165) is 45.3 Å². The summed E-state index contributed by atoms with van der Waals surface area (Å²) in [6, 6.07) is 6.11. The summed E-state index contributed by atoms with van der Waals surface area (Å²) in [6.45, 7) is 6.03. The van der Waals surface area contributed by atoms with E-state index in [1.54, 1.807) is 12.1 Å². The number of halogens is 1. The lowest BCUT2D eigenvalue weighted by Crippen LogP contribution is -3.13. The Bertz CT molecular complexity index is 478. The van der Waals surface area contributed by atoms with Crippen molar-refractivity contribution in [2.45, 2.75) is 32.6 Å². The quantitative estimate of drug-likeness (QED) is 0.586. The third-order valence-corrected chi connectivity index (χ3v) is 4.24. The highest BCUT2D eigenvalue weighted by atomic mass is 19.1. The predicted molar refractivity (Wildman–Crippen MR) is 86.0 cm³/mol. The van der Waals surface area contributed by atoms with Crippen LogP contribution in [0.2, 0.25) is 0 Å². The third-order valence-electron chi connectivity index (χ3n) is 4.24. The molecule has 1 unspecified atom stereocenters. The van der Waals surface area contributed by atoms with Crippen LogP contribution in [0.4, 0.5) is 4.39 Å². The molecular weight excluding hydrogens is 297 g/mol. The number of carbonyl (C=O) groups excluding carboxylic acids is 1. The Morgan fingerprint density at radius 1 is 1.30 bits per heavy atom. The number of hydrogen-bond donors (Lipinski definition) is 1. The van der Waals surface area contributed by atoms with Crippen LogP contribution in [0, 0.1) is 11.7 Å². The van der Waals surface area contributed by atoms with Crippen molar-refractivity contribution in [1.29, 1.82) is 0 Å². The second kappa shape index (κ2) is 9.50. The second-order valence-corrected chi connectivity index (χ2v) is 6.05. The van der Waals surface area contributed by atoms with Crippen LogP contribution in [0.5, 0.6) is 5.75 Å². The molecule has 1 aliphatic heterocycles. The fourth-order valence-corrected chi connectivity index (χ4v) is 3.04. The van der Waals surface area contributed by atoms with Crippen LogP contribution in [0.1, 0.15) is 32.6 Å². The lowest BCUT2D eigenvalue weighted by molar-refractivity contribution is -0.907. The number of hydrogen-bond acceptors (Lipinski definition) is 3. The van der Waals surface area contributed by atoms with Crippen molar-refractivity contribution in [3.63, 3.8) is 0 Å². The summed E-state index contributed by atoms with van der Waals surface area (Å²) in [5.41, 5.74) is 0. The molecule has 2 atom stereocenters. The van der Waals surface area contributed by atoms with Crippen LogP contribution in [0.25, 0.3) is 0 Å². The average molecular weight is 324 g/mol. The summed E-state index contributed by atoms with van der Waals surface area (Å²) < 4.78 is 23.5. The molecule has 128 valence electrons. The second-order valence-electron chi connectivity index (χ2n) is 6.05. The van der Waals surface area contributed by atoms with E-state index in [1.165, 1.54) is 17.0 Å². The highest BCUT2D eigenvalue weighted by Gasteiger charge is 2.29. The van der Waals surface area contributed by atoms with Gasteiger partial charge in [0.15, 0.2) is 0 Å². The molecule has 1 fully saturated rings. The number of rotatable bonds is 8. The number of quaternary nitrogens is 1. The lowest BCUT2D eigenvalue weighted by Gasteiger charge is -2.28. The molecule has 0 radical (unpaired) electrons. The maximum Gasteiger partial charge on any atom is 0.314 e. The molecular formula is C18H27FNO3+. The van der Waals surface area contributed by atoms with Gasteiger partial charge in [-0.05, 0) is 56.9 Å². The van der Waals surface area contributed by atoms with E-state index in [1.807, 2.05) is 6.92 Å². The molecule has 1 aromatic carbocycles. The van der Waals surface area contributed by atoms with Crippen LogP contribution < -0.4 is 9.64 Å². The molecule has 1 aliphatic rings. The molecule has 1 saturated heterocycles. The zero-order chi connectivity index (χ0) is 16.5. The van der Waals surface area contributed by atoms with Gasteiger partial charge in [-0.2, -0.15) is 0 Å². The Morgan fingerprint density at radius 2 is 2.09 bits per heavy atom. The van der Waals surface area contributed by atoms with Gasteiger partial charge in [0.1, 0.15) is 17.5 Å². The van der Waals surface area contributed by atoms with Crippen LogP contribution in [0.3, 0.4) is 0 Å². The number of esters is 1. The van der Waals surface area contributed by atoms with Gasteiger partial charge in [0.25, 0.3) is 0 Å². The molecule has 1 N–H and O–H groups in total. The number of nitrogens with one attached hydrogen (secondary N) is 1. The first-order chi connectivity index (χ1) is 11.2. The van der Waals surface area contributed by atoms with E-state index in [9.17, 15) is 9.18 Å². The Hall–Kier alpha value is -1.62. The largest absolute Gasteiger partial charge is 0.494 e.